The molecule has 1 atom stereocenters. The first-order chi connectivity index (χ1) is 16.5. The number of rotatable bonds is 10. The molecule has 0 aromatic heterocycles. The fourth-order valence-corrected chi connectivity index (χ4v) is 4.44. The maximum Gasteiger partial charge on any atom is 0.244 e. The molecular formula is C29H34FN3O. The van der Waals surface area contributed by atoms with Crippen molar-refractivity contribution in [2.24, 2.45) is 0 Å². The highest BCUT2D eigenvalue weighted by molar-refractivity contribution is 5.97. The van der Waals surface area contributed by atoms with Crippen LogP contribution in [-0.4, -0.2) is 43.5 Å². The molecule has 178 valence electrons. The molecule has 0 heterocycles. The number of halogens is 1. The van der Waals surface area contributed by atoms with E-state index in [1.165, 1.54) is 30.7 Å². The zero-order valence-electron chi connectivity index (χ0n) is 20.3. The molecule has 3 aromatic carbocycles. The van der Waals surface area contributed by atoms with Crippen molar-refractivity contribution < 1.29 is 9.18 Å². The van der Waals surface area contributed by atoms with Crippen LogP contribution < -0.4 is 9.80 Å². The van der Waals surface area contributed by atoms with Gasteiger partial charge in [-0.2, -0.15) is 0 Å². The van der Waals surface area contributed by atoms with E-state index in [0.717, 1.165) is 17.7 Å². The summed E-state index contributed by atoms with van der Waals surface area (Å²) in [5, 5.41) is 0. The average molecular weight is 460 g/mol. The summed E-state index contributed by atoms with van der Waals surface area (Å²) in [5.41, 5.74) is 4.08. The van der Waals surface area contributed by atoms with Gasteiger partial charge in [-0.25, -0.2) is 4.39 Å². The summed E-state index contributed by atoms with van der Waals surface area (Å²) in [6.45, 7) is 3.61. The van der Waals surface area contributed by atoms with E-state index in [9.17, 15) is 9.18 Å². The second-order valence-electron chi connectivity index (χ2n) is 9.25. The first kappa shape index (κ1) is 24.0. The molecule has 0 saturated heterocycles. The van der Waals surface area contributed by atoms with E-state index in [1.54, 1.807) is 17.0 Å². The lowest BCUT2D eigenvalue weighted by atomic mass is 10.0. The molecule has 0 unspecified atom stereocenters. The van der Waals surface area contributed by atoms with E-state index in [4.69, 9.17) is 0 Å². The predicted molar refractivity (Wildman–Crippen MR) is 138 cm³/mol. The summed E-state index contributed by atoms with van der Waals surface area (Å²) in [6, 6.07) is 25.1. The molecule has 1 aliphatic carbocycles. The number of hydrogen-bond acceptors (Lipinski definition) is 3. The Labute approximate surface area is 202 Å². The molecule has 0 spiro atoms. The van der Waals surface area contributed by atoms with Crippen molar-refractivity contribution in [3.8, 4) is 0 Å². The van der Waals surface area contributed by atoms with Gasteiger partial charge in [-0.3, -0.25) is 9.69 Å². The summed E-state index contributed by atoms with van der Waals surface area (Å²) >= 11 is 0. The lowest BCUT2D eigenvalue weighted by Crippen LogP contribution is -2.47. The van der Waals surface area contributed by atoms with E-state index >= 15 is 0 Å². The van der Waals surface area contributed by atoms with Crippen molar-refractivity contribution in [1.82, 2.24) is 4.90 Å². The Balaban J connectivity index is 1.59. The minimum Gasteiger partial charge on any atom is -0.369 e. The van der Waals surface area contributed by atoms with Crippen molar-refractivity contribution in [3.05, 3.63) is 95.8 Å². The van der Waals surface area contributed by atoms with Crippen molar-refractivity contribution in [2.45, 2.75) is 44.8 Å². The molecule has 4 nitrogen and oxygen atoms in total. The molecule has 0 N–H and O–H groups in total. The van der Waals surface area contributed by atoms with Crippen LogP contribution >= 0.6 is 0 Å². The largest absolute Gasteiger partial charge is 0.369 e. The third-order valence-corrected chi connectivity index (χ3v) is 6.52. The first-order valence-electron chi connectivity index (χ1n) is 12.1. The standard InChI is InChI=1S/C29H34FN3O/c1-4-32(26-18-19-26)25-14-10-23(11-15-25)21-33(27-16-12-24(30)13-17-27)29(34)28(31(2)3)20-22-8-6-5-7-9-22/h5-17,26,28H,4,18-21H2,1-3H3/t28-/m0/s1. The summed E-state index contributed by atoms with van der Waals surface area (Å²) in [5.74, 6) is -0.314. The van der Waals surface area contributed by atoms with Crippen LogP contribution in [0.15, 0.2) is 78.9 Å². The van der Waals surface area contributed by atoms with Crippen molar-refractivity contribution in [2.75, 3.05) is 30.4 Å². The molecular weight excluding hydrogens is 425 g/mol. The van der Waals surface area contributed by atoms with Crippen molar-refractivity contribution in [1.29, 1.82) is 0 Å². The Kier molecular flexibility index (Phi) is 7.63. The number of nitrogens with zero attached hydrogens (tertiary/aromatic N) is 3. The molecule has 0 aliphatic heterocycles. The van der Waals surface area contributed by atoms with E-state index in [2.05, 4.69) is 36.1 Å². The fourth-order valence-electron chi connectivity index (χ4n) is 4.44. The minimum absolute atomic E-state index is 0.00213. The highest BCUT2D eigenvalue weighted by Gasteiger charge is 2.29. The minimum atomic E-state index is -0.336. The van der Waals surface area contributed by atoms with Gasteiger partial charge in [0.05, 0.1) is 12.6 Å². The fraction of sp³-hybridized carbons (Fsp3) is 0.345. The summed E-state index contributed by atoms with van der Waals surface area (Å²) < 4.78 is 13.7. The number of benzene rings is 3. The Morgan fingerprint density at radius 1 is 0.882 bits per heavy atom. The monoisotopic (exact) mass is 459 g/mol. The number of likely N-dealkylation sites (N-methyl/N-ethyl adjacent to an activating group) is 1. The maximum atomic E-state index is 13.9. The van der Waals surface area contributed by atoms with Gasteiger partial charge in [0, 0.05) is 24.0 Å². The Bertz CT molecular complexity index is 1060. The van der Waals surface area contributed by atoms with Gasteiger partial charge in [-0.05, 0) is 87.8 Å². The van der Waals surface area contributed by atoms with E-state index < -0.39 is 0 Å². The second-order valence-corrected chi connectivity index (χ2v) is 9.25. The zero-order chi connectivity index (χ0) is 24.1. The van der Waals surface area contributed by atoms with Gasteiger partial charge in [-0.15, -0.1) is 0 Å². The van der Waals surface area contributed by atoms with Crippen LogP contribution in [0.5, 0.6) is 0 Å². The lowest BCUT2D eigenvalue weighted by Gasteiger charge is -2.31. The number of anilines is 2. The molecule has 1 fully saturated rings. The number of carbonyl (C=O) groups is 1. The van der Waals surface area contributed by atoms with Crippen molar-refractivity contribution in [3.63, 3.8) is 0 Å². The third kappa shape index (κ3) is 5.84. The highest BCUT2D eigenvalue weighted by atomic mass is 19.1. The van der Waals surface area contributed by atoms with Crippen LogP contribution in [0.25, 0.3) is 0 Å². The molecule has 5 heteroatoms. The third-order valence-electron chi connectivity index (χ3n) is 6.52. The van der Waals surface area contributed by atoms with Crippen LogP contribution in [0.3, 0.4) is 0 Å². The number of carbonyl (C=O) groups excluding carboxylic acids is 1. The van der Waals surface area contributed by atoms with Gasteiger partial charge in [0.2, 0.25) is 5.91 Å². The molecule has 3 aromatic rings. The molecule has 4 rings (SSSR count). The molecule has 1 amide bonds. The molecule has 34 heavy (non-hydrogen) atoms. The Morgan fingerprint density at radius 2 is 1.50 bits per heavy atom. The summed E-state index contributed by atoms with van der Waals surface area (Å²) in [6.07, 6.45) is 3.13. The quantitative estimate of drug-likeness (QED) is 0.399. The first-order valence-corrected chi connectivity index (χ1v) is 12.1. The summed E-state index contributed by atoms with van der Waals surface area (Å²) in [7, 11) is 3.86. The predicted octanol–water partition coefficient (Wildman–Crippen LogP) is 5.52. The van der Waals surface area contributed by atoms with E-state index in [-0.39, 0.29) is 17.8 Å². The van der Waals surface area contributed by atoms with Gasteiger partial charge in [0.1, 0.15) is 5.82 Å². The normalized spacial score (nSPS) is 14.1. The van der Waals surface area contributed by atoms with Crippen LogP contribution in [0.1, 0.15) is 30.9 Å². The number of amides is 1. The van der Waals surface area contributed by atoms with E-state index in [0.29, 0.717) is 24.7 Å². The van der Waals surface area contributed by atoms with Crippen molar-refractivity contribution >= 4 is 17.3 Å². The van der Waals surface area contributed by atoms with Crippen LogP contribution in [0.2, 0.25) is 0 Å². The highest BCUT2D eigenvalue weighted by Crippen LogP contribution is 2.31. The second kappa shape index (κ2) is 10.8. The van der Waals surface area contributed by atoms with Gasteiger partial charge < -0.3 is 9.80 Å². The number of hydrogen-bond donors (Lipinski definition) is 0. The SMILES string of the molecule is CCN(c1ccc(CN(C(=O)[C@H](Cc2ccccc2)N(C)C)c2ccc(F)cc2)cc1)C1CC1. The van der Waals surface area contributed by atoms with Crippen LogP contribution in [0.4, 0.5) is 15.8 Å². The topological polar surface area (TPSA) is 26.8 Å². The van der Waals surface area contributed by atoms with Crippen LogP contribution in [0, 0.1) is 5.82 Å². The van der Waals surface area contributed by atoms with Crippen LogP contribution in [-0.2, 0) is 17.8 Å². The van der Waals surface area contributed by atoms with Gasteiger partial charge >= 0.3 is 0 Å². The van der Waals surface area contributed by atoms with Gasteiger partial charge in [0.15, 0.2) is 0 Å². The molecule has 1 aliphatic rings. The Morgan fingerprint density at radius 3 is 2.06 bits per heavy atom. The lowest BCUT2D eigenvalue weighted by molar-refractivity contribution is -0.123. The average Bonchev–Trinajstić information content (AvgIpc) is 3.68. The Hall–Kier alpha value is -3.18. The molecule has 0 bridgehead atoms. The van der Waals surface area contributed by atoms with Gasteiger partial charge in [-0.1, -0.05) is 42.5 Å². The zero-order valence-corrected chi connectivity index (χ0v) is 20.3. The van der Waals surface area contributed by atoms with E-state index in [1.807, 2.05) is 49.3 Å². The van der Waals surface area contributed by atoms with Gasteiger partial charge in [0.25, 0.3) is 0 Å². The molecule has 1 saturated carbocycles. The maximum absolute atomic E-state index is 13.9. The summed E-state index contributed by atoms with van der Waals surface area (Å²) in [4.78, 5) is 20.1. The smallest absolute Gasteiger partial charge is 0.244 e. The molecule has 0 radical (unpaired) electrons.